The topological polar surface area (TPSA) is 255 Å². The molecule has 0 aromatic rings. The van der Waals surface area contributed by atoms with Crippen molar-refractivity contribution >= 4 is 53.7 Å². The normalized spacial score (nSPS) is 30.3. The second kappa shape index (κ2) is 18.2. The van der Waals surface area contributed by atoms with Gasteiger partial charge < -0.3 is 52.1 Å². The number of esters is 9. The summed E-state index contributed by atoms with van der Waals surface area (Å²) < 4.78 is 60.5. The van der Waals surface area contributed by atoms with Gasteiger partial charge in [0.05, 0.1) is 0 Å². The molecule has 2 rings (SSSR count). The zero-order valence-electron chi connectivity index (χ0n) is 28.7. The Bertz CT molecular complexity index is 1280. The van der Waals surface area contributed by atoms with Crippen molar-refractivity contribution in [3.63, 3.8) is 0 Å². The third kappa shape index (κ3) is 11.9. The van der Waals surface area contributed by atoms with Crippen molar-refractivity contribution in [3.8, 4) is 0 Å². The summed E-state index contributed by atoms with van der Waals surface area (Å²) in [4.78, 5) is 110. The fraction of sp³-hybridized carbons (Fsp3) is 0.700. The molecular weight excluding hydrogens is 680 g/mol. The van der Waals surface area contributed by atoms with Gasteiger partial charge in [-0.25, -0.2) is 0 Å². The molecule has 20 heteroatoms. The minimum atomic E-state index is -1.96. The quantitative estimate of drug-likeness (QED) is 0.175. The first-order chi connectivity index (χ1) is 23.2. The Morgan fingerprint density at radius 1 is 0.360 bits per heavy atom. The number of hydrogen-bond acceptors (Lipinski definition) is 20. The maximum absolute atomic E-state index is 12.5. The van der Waals surface area contributed by atoms with Gasteiger partial charge in [0.15, 0.2) is 55.1 Å². The van der Waals surface area contributed by atoms with Crippen molar-refractivity contribution in [3.05, 3.63) is 0 Å². The smallest absolute Gasteiger partial charge is 0.303 e. The highest BCUT2D eigenvalue weighted by atomic mass is 16.8. The molecule has 1 saturated heterocycles. The van der Waals surface area contributed by atoms with E-state index in [1.165, 1.54) is 0 Å². The molecule has 1 saturated carbocycles. The lowest BCUT2D eigenvalue weighted by Crippen LogP contribution is -2.70. The largest absolute Gasteiger partial charge is 0.463 e. The first-order valence-electron chi connectivity index (χ1n) is 15.0. The third-order valence-corrected chi connectivity index (χ3v) is 6.69. The lowest BCUT2D eigenvalue weighted by Gasteiger charge is -2.50. The maximum Gasteiger partial charge on any atom is 0.303 e. The predicted octanol–water partition coefficient (Wildman–Crippen LogP) is -0.873. The van der Waals surface area contributed by atoms with Gasteiger partial charge in [0.2, 0.25) is 0 Å². The average molecular weight is 721 g/mol. The van der Waals surface area contributed by atoms with Gasteiger partial charge in [0, 0.05) is 62.3 Å². The van der Waals surface area contributed by atoms with Gasteiger partial charge in [-0.3, -0.25) is 43.2 Å². The second-order valence-electron chi connectivity index (χ2n) is 11.0. The summed E-state index contributed by atoms with van der Waals surface area (Å²) in [7, 11) is 0. The van der Waals surface area contributed by atoms with Gasteiger partial charge in [-0.2, -0.15) is 0 Å². The molecule has 0 amide bonds. The van der Waals surface area contributed by atoms with E-state index < -0.39 is 128 Å². The van der Waals surface area contributed by atoms with Crippen molar-refractivity contribution in [1.82, 2.24) is 0 Å². The fourth-order valence-electron chi connectivity index (χ4n) is 5.36. The van der Waals surface area contributed by atoms with E-state index in [1.54, 1.807) is 0 Å². The van der Waals surface area contributed by atoms with Crippen LogP contribution in [0.1, 0.15) is 62.3 Å². The van der Waals surface area contributed by atoms with Crippen LogP contribution in [0.15, 0.2) is 0 Å². The van der Waals surface area contributed by atoms with E-state index in [-0.39, 0.29) is 0 Å². The van der Waals surface area contributed by atoms with Crippen molar-refractivity contribution in [2.24, 2.45) is 0 Å². The minimum Gasteiger partial charge on any atom is -0.463 e. The third-order valence-electron chi connectivity index (χ3n) is 6.69. The summed E-state index contributed by atoms with van der Waals surface area (Å²) in [6, 6.07) is 0. The van der Waals surface area contributed by atoms with Crippen LogP contribution in [0, 0.1) is 0 Å². The first-order valence-corrected chi connectivity index (χ1v) is 15.0. The summed E-state index contributed by atoms with van der Waals surface area (Å²) in [5.41, 5.74) is 0. The van der Waals surface area contributed by atoms with E-state index in [2.05, 4.69) is 0 Å². The first kappa shape index (κ1) is 41.3. The highest BCUT2D eigenvalue weighted by molar-refractivity contribution is 5.71. The van der Waals surface area contributed by atoms with Crippen LogP contribution < -0.4 is 0 Å². The van der Waals surface area contributed by atoms with E-state index in [9.17, 15) is 43.2 Å². The van der Waals surface area contributed by atoms with E-state index in [4.69, 9.17) is 52.1 Å². The lowest BCUT2D eigenvalue weighted by molar-refractivity contribution is -0.343. The molecule has 280 valence electrons. The van der Waals surface area contributed by atoms with Gasteiger partial charge >= 0.3 is 53.7 Å². The Kier molecular flexibility index (Phi) is 15.1. The van der Waals surface area contributed by atoms with E-state index >= 15 is 0 Å². The molecule has 20 nitrogen and oxygen atoms in total. The fourth-order valence-corrected chi connectivity index (χ4v) is 5.36. The molecule has 1 heterocycles. The minimum absolute atomic E-state index is 0.649. The van der Waals surface area contributed by atoms with E-state index in [0.29, 0.717) is 0 Å². The molecule has 0 radical (unpaired) electrons. The number of ether oxygens (including phenoxy) is 11. The van der Waals surface area contributed by atoms with Crippen LogP contribution in [0.25, 0.3) is 0 Å². The predicted molar refractivity (Wildman–Crippen MR) is 155 cm³/mol. The standard InChI is InChI=1S/C30H40O20/c1-11(31)40-10-20-21(41-12(2)32)22(42-13(3)33)29(48-19(9)39)30(49-20)50-28-26(46-17(7)37)24(44-15(5)35)23(43-14(4)34)25(45-16(6)36)27(28)47-18(8)38/h20-30H,10H2,1-9H3/t20-,21-,22+,23?,24-,25+,26+,27-,28?,29+,30-/m1/s1. The molecule has 2 unspecified atom stereocenters. The Labute approximate surface area is 285 Å². The number of carbonyl (C=O) groups is 9. The Morgan fingerprint density at radius 3 is 0.920 bits per heavy atom. The molecule has 11 atom stereocenters. The van der Waals surface area contributed by atoms with Crippen molar-refractivity contribution in [2.45, 2.75) is 130 Å². The van der Waals surface area contributed by atoms with E-state index in [1.807, 2.05) is 0 Å². The summed E-state index contributed by atoms with van der Waals surface area (Å²) in [6.07, 6.45) is -19.6. The second-order valence-corrected chi connectivity index (χ2v) is 11.0. The van der Waals surface area contributed by atoms with Crippen LogP contribution in [0.4, 0.5) is 0 Å². The molecule has 0 N–H and O–H groups in total. The van der Waals surface area contributed by atoms with Crippen LogP contribution in [0.3, 0.4) is 0 Å². The van der Waals surface area contributed by atoms with Gasteiger partial charge in [-0.05, 0) is 0 Å². The van der Waals surface area contributed by atoms with Gasteiger partial charge in [0.1, 0.15) is 18.8 Å². The molecule has 0 spiro atoms. The SMILES string of the molecule is CC(=O)OC[C@H]1O[C@H](OC2[C@@H](OC(C)=O)[C@H](OC(C)=O)C(OC(C)=O)[C@H](OC(C)=O)[C@H]2OC(C)=O)[C@@H](OC(C)=O)[C@@H](OC(C)=O)[C@@H]1OC(C)=O. The molecular formula is C30H40O20. The lowest BCUT2D eigenvalue weighted by atomic mass is 9.83. The molecule has 2 fully saturated rings. The Hall–Kier alpha value is -4.85. The summed E-state index contributed by atoms with van der Waals surface area (Å²) in [5, 5.41) is 0. The van der Waals surface area contributed by atoms with Crippen LogP contribution in [-0.2, 0) is 95.3 Å². The molecule has 0 aromatic heterocycles. The number of hydrogen-bond donors (Lipinski definition) is 0. The van der Waals surface area contributed by atoms with Crippen LogP contribution in [0.5, 0.6) is 0 Å². The molecule has 50 heavy (non-hydrogen) atoms. The van der Waals surface area contributed by atoms with Crippen molar-refractivity contribution in [2.75, 3.05) is 6.61 Å². The summed E-state index contributed by atoms with van der Waals surface area (Å²) in [5.74, 6) is -8.68. The van der Waals surface area contributed by atoms with E-state index in [0.717, 1.165) is 62.3 Å². The maximum atomic E-state index is 12.5. The number of carbonyl (C=O) groups excluding carboxylic acids is 9. The molecule has 0 bridgehead atoms. The van der Waals surface area contributed by atoms with Crippen LogP contribution >= 0.6 is 0 Å². The van der Waals surface area contributed by atoms with Crippen molar-refractivity contribution < 1.29 is 95.3 Å². The molecule has 0 aromatic carbocycles. The van der Waals surface area contributed by atoms with Crippen LogP contribution in [-0.4, -0.2) is 128 Å². The Morgan fingerprint density at radius 2 is 0.620 bits per heavy atom. The molecule has 1 aliphatic heterocycles. The highest BCUT2D eigenvalue weighted by Gasteiger charge is 2.62. The Balaban J connectivity index is 2.89. The van der Waals surface area contributed by atoms with Gasteiger partial charge in [-0.1, -0.05) is 0 Å². The van der Waals surface area contributed by atoms with Crippen molar-refractivity contribution in [1.29, 1.82) is 0 Å². The summed E-state index contributed by atoms with van der Waals surface area (Å²) in [6.45, 7) is 8.17. The van der Waals surface area contributed by atoms with Crippen LogP contribution in [0.2, 0.25) is 0 Å². The monoisotopic (exact) mass is 720 g/mol. The number of rotatable bonds is 12. The van der Waals surface area contributed by atoms with Gasteiger partial charge in [0.25, 0.3) is 0 Å². The van der Waals surface area contributed by atoms with Gasteiger partial charge in [-0.15, -0.1) is 0 Å². The summed E-state index contributed by atoms with van der Waals surface area (Å²) >= 11 is 0. The molecule has 1 aliphatic carbocycles. The highest BCUT2D eigenvalue weighted by Crippen LogP contribution is 2.38. The average Bonchev–Trinajstić information content (AvgIpc) is 2.94. The zero-order valence-corrected chi connectivity index (χ0v) is 28.7. The molecule has 2 aliphatic rings. The zero-order chi connectivity index (χ0) is 38.0.